The van der Waals surface area contributed by atoms with Crippen LogP contribution in [0.1, 0.15) is 6.92 Å². The molecule has 64 valence electrons. The van der Waals surface area contributed by atoms with E-state index >= 15 is 0 Å². The molecule has 0 saturated heterocycles. The van der Waals surface area contributed by atoms with Crippen molar-refractivity contribution >= 4 is 20.0 Å². The molecule has 0 amide bonds. The van der Waals surface area contributed by atoms with Crippen molar-refractivity contribution in [1.29, 1.82) is 0 Å². The molecule has 0 heterocycles. The third-order valence-electron chi connectivity index (χ3n) is 1.01. The Balaban J connectivity index is 0. The van der Waals surface area contributed by atoms with Crippen LogP contribution in [0.15, 0.2) is 0 Å². The van der Waals surface area contributed by atoms with Gasteiger partial charge in [0, 0.05) is 14.2 Å². The van der Waals surface area contributed by atoms with Crippen LogP contribution in [-0.2, 0) is 13.6 Å². The van der Waals surface area contributed by atoms with Gasteiger partial charge in [0.25, 0.3) is 0 Å². The van der Waals surface area contributed by atoms with E-state index in [4.69, 9.17) is 5.73 Å². The lowest BCUT2D eigenvalue weighted by molar-refractivity contribution is 0.268. The highest BCUT2D eigenvalue weighted by Gasteiger charge is 2.25. The molecule has 10 heavy (non-hydrogen) atoms. The molecule has 0 aliphatic rings. The quantitative estimate of drug-likeness (QED) is 0.678. The predicted molar refractivity (Wildman–Crippen MR) is 42.5 cm³/mol. The van der Waals surface area contributed by atoms with Crippen LogP contribution >= 0.6 is 20.0 Å². The van der Waals surface area contributed by atoms with E-state index in [1.54, 1.807) is 6.92 Å². The largest absolute Gasteiger partial charge is 0.346 e. The molecule has 0 fully saturated rings. The van der Waals surface area contributed by atoms with Crippen LogP contribution in [0.2, 0.25) is 0 Å². The highest BCUT2D eigenvalue weighted by atomic mass is 35.5. The smallest absolute Gasteiger partial charge is 0.318 e. The van der Waals surface area contributed by atoms with Crippen molar-refractivity contribution in [2.45, 2.75) is 12.7 Å². The van der Waals surface area contributed by atoms with Gasteiger partial charge < -0.3 is 14.8 Å². The number of hydrogen-bond acceptors (Lipinski definition) is 4. The second kappa shape index (κ2) is 5.10. The molecular weight excluding hydrogens is 176 g/mol. The second-order valence-electron chi connectivity index (χ2n) is 1.65. The van der Waals surface area contributed by atoms with Gasteiger partial charge in [-0.1, -0.05) is 0 Å². The summed E-state index contributed by atoms with van der Waals surface area (Å²) in [5.41, 5.74) is 5.28. The first-order chi connectivity index (χ1) is 4.06. The molecule has 0 rings (SSSR count). The fourth-order valence-corrected chi connectivity index (χ4v) is 1.22. The Kier molecular flexibility index (Phi) is 6.65. The first-order valence-corrected chi connectivity index (χ1v) is 4.14. The summed E-state index contributed by atoms with van der Waals surface area (Å²) in [5, 5.41) is 0. The van der Waals surface area contributed by atoms with Crippen molar-refractivity contribution in [2.24, 2.45) is 5.73 Å². The van der Waals surface area contributed by atoms with E-state index in [0.717, 1.165) is 0 Å². The van der Waals surface area contributed by atoms with Gasteiger partial charge in [-0.3, -0.25) is 4.57 Å². The SMILES string of the molecule is COP(=O)(OC)C(C)N.Cl. The lowest BCUT2D eigenvalue weighted by atomic mass is 10.8. The van der Waals surface area contributed by atoms with Crippen molar-refractivity contribution in [3.05, 3.63) is 0 Å². The molecule has 0 spiro atoms. The monoisotopic (exact) mass is 189 g/mol. The van der Waals surface area contributed by atoms with Crippen LogP contribution in [0.25, 0.3) is 0 Å². The standard InChI is InChI=1S/C4H12NO3P.ClH/c1-4(5)9(6,7-2)8-3;/h4H,5H2,1-3H3;1H. The van der Waals surface area contributed by atoms with E-state index in [-0.39, 0.29) is 12.4 Å². The van der Waals surface area contributed by atoms with Crippen LogP contribution in [0.5, 0.6) is 0 Å². The minimum atomic E-state index is -2.98. The Morgan fingerprint density at radius 2 is 1.70 bits per heavy atom. The molecule has 0 radical (unpaired) electrons. The van der Waals surface area contributed by atoms with Gasteiger partial charge in [-0.15, -0.1) is 12.4 Å². The van der Waals surface area contributed by atoms with E-state index < -0.39 is 13.4 Å². The van der Waals surface area contributed by atoms with E-state index in [1.807, 2.05) is 0 Å². The molecular formula is C4H13ClNO3P. The van der Waals surface area contributed by atoms with Gasteiger partial charge in [0.15, 0.2) is 0 Å². The molecule has 0 aliphatic heterocycles. The average molecular weight is 190 g/mol. The Hall–Kier alpha value is 0.400. The summed E-state index contributed by atoms with van der Waals surface area (Å²) >= 11 is 0. The summed E-state index contributed by atoms with van der Waals surface area (Å²) in [7, 11) is -0.349. The first kappa shape index (κ1) is 13.0. The van der Waals surface area contributed by atoms with Crippen LogP contribution in [0.3, 0.4) is 0 Å². The molecule has 0 saturated carbocycles. The Labute approximate surface area is 67.0 Å². The molecule has 0 aromatic carbocycles. The lowest BCUT2D eigenvalue weighted by Gasteiger charge is -2.16. The highest BCUT2D eigenvalue weighted by Crippen LogP contribution is 2.48. The Morgan fingerprint density at radius 1 is 1.40 bits per heavy atom. The molecule has 0 aliphatic carbocycles. The van der Waals surface area contributed by atoms with Gasteiger partial charge in [-0.2, -0.15) is 0 Å². The van der Waals surface area contributed by atoms with Crippen molar-refractivity contribution in [2.75, 3.05) is 14.2 Å². The summed E-state index contributed by atoms with van der Waals surface area (Å²) in [6.07, 6.45) is 0. The number of rotatable bonds is 3. The zero-order chi connectivity index (χ0) is 7.49. The van der Waals surface area contributed by atoms with Gasteiger partial charge in [-0.05, 0) is 6.92 Å². The molecule has 0 aromatic rings. The fourth-order valence-electron chi connectivity index (χ4n) is 0.407. The van der Waals surface area contributed by atoms with E-state index in [0.29, 0.717) is 0 Å². The number of halogens is 1. The van der Waals surface area contributed by atoms with E-state index in [2.05, 4.69) is 9.05 Å². The van der Waals surface area contributed by atoms with Crippen molar-refractivity contribution in [1.82, 2.24) is 0 Å². The second-order valence-corrected chi connectivity index (χ2v) is 4.27. The van der Waals surface area contributed by atoms with E-state index in [1.165, 1.54) is 14.2 Å². The maximum Gasteiger partial charge on any atom is 0.346 e. The summed E-state index contributed by atoms with van der Waals surface area (Å²) in [5.74, 6) is -0.563. The number of hydrogen-bond donors (Lipinski definition) is 1. The third kappa shape index (κ3) is 2.99. The zero-order valence-corrected chi connectivity index (χ0v) is 7.95. The fraction of sp³-hybridized carbons (Fsp3) is 1.00. The Bertz CT molecular complexity index is 122. The molecule has 4 nitrogen and oxygen atoms in total. The van der Waals surface area contributed by atoms with Gasteiger partial charge >= 0.3 is 7.60 Å². The van der Waals surface area contributed by atoms with Gasteiger partial charge in [0.05, 0.1) is 0 Å². The molecule has 1 unspecified atom stereocenters. The van der Waals surface area contributed by atoms with Crippen LogP contribution in [0, 0.1) is 0 Å². The maximum atomic E-state index is 11.1. The van der Waals surface area contributed by atoms with Crippen molar-refractivity contribution in [3.8, 4) is 0 Å². The summed E-state index contributed by atoms with van der Waals surface area (Å²) in [6.45, 7) is 1.58. The van der Waals surface area contributed by atoms with Crippen LogP contribution in [-0.4, -0.2) is 20.0 Å². The van der Waals surface area contributed by atoms with Crippen LogP contribution < -0.4 is 5.73 Å². The molecule has 0 aromatic heterocycles. The minimum absolute atomic E-state index is 0. The van der Waals surface area contributed by atoms with Gasteiger partial charge in [0.1, 0.15) is 5.78 Å². The zero-order valence-electron chi connectivity index (χ0n) is 6.23. The summed E-state index contributed by atoms with van der Waals surface area (Å²) in [4.78, 5) is 0. The molecule has 1 atom stereocenters. The van der Waals surface area contributed by atoms with Crippen molar-refractivity contribution < 1.29 is 13.6 Å². The van der Waals surface area contributed by atoms with Crippen molar-refractivity contribution in [3.63, 3.8) is 0 Å². The minimum Gasteiger partial charge on any atom is -0.318 e. The van der Waals surface area contributed by atoms with Gasteiger partial charge in [-0.25, -0.2) is 0 Å². The normalized spacial score (nSPS) is 14.0. The maximum absolute atomic E-state index is 11.1. The summed E-state index contributed by atoms with van der Waals surface area (Å²) < 4.78 is 20.2. The molecule has 6 heteroatoms. The molecule has 0 bridgehead atoms. The lowest BCUT2D eigenvalue weighted by Crippen LogP contribution is -2.17. The summed E-state index contributed by atoms with van der Waals surface area (Å²) in [6, 6.07) is 0. The van der Waals surface area contributed by atoms with Crippen LogP contribution in [0.4, 0.5) is 0 Å². The Morgan fingerprint density at radius 3 is 1.70 bits per heavy atom. The number of nitrogens with two attached hydrogens (primary N) is 1. The molecule has 2 N–H and O–H groups in total. The first-order valence-electron chi connectivity index (χ1n) is 2.53. The van der Waals surface area contributed by atoms with Gasteiger partial charge in [0.2, 0.25) is 0 Å². The predicted octanol–water partition coefficient (Wildman–Crippen LogP) is 1.20. The average Bonchev–Trinajstić information content (AvgIpc) is 1.86. The third-order valence-corrected chi connectivity index (χ3v) is 3.02. The van der Waals surface area contributed by atoms with E-state index in [9.17, 15) is 4.57 Å². The highest BCUT2D eigenvalue weighted by molar-refractivity contribution is 7.54. The topological polar surface area (TPSA) is 61.5 Å².